The van der Waals surface area contributed by atoms with Gasteiger partial charge in [0.05, 0.1) is 29.4 Å². The molecule has 0 spiro atoms. The van der Waals surface area contributed by atoms with Crippen molar-refractivity contribution in [2.45, 2.75) is 6.18 Å². The highest BCUT2D eigenvalue weighted by Crippen LogP contribution is 2.34. The SMILES string of the molecule is COc1ccc(-c2cc(-c3ccc(C(F)(F)F)cc3)nc3cccnc23)cc1. The fraction of sp³-hybridized carbons (Fsp3) is 0.0909. The molecule has 0 saturated heterocycles. The predicted octanol–water partition coefficient (Wildman–Crippen LogP) is 5.99. The average Bonchev–Trinajstić information content (AvgIpc) is 2.72. The lowest BCUT2D eigenvalue weighted by molar-refractivity contribution is -0.137. The molecule has 0 saturated carbocycles. The van der Waals surface area contributed by atoms with Crippen LogP contribution in [0.15, 0.2) is 72.9 Å². The first-order valence-electron chi connectivity index (χ1n) is 8.53. The van der Waals surface area contributed by atoms with Crippen molar-refractivity contribution in [1.29, 1.82) is 0 Å². The number of hydrogen-bond acceptors (Lipinski definition) is 3. The summed E-state index contributed by atoms with van der Waals surface area (Å²) in [5, 5.41) is 0. The molecule has 2 heterocycles. The molecule has 0 N–H and O–H groups in total. The van der Waals surface area contributed by atoms with Gasteiger partial charge in [-0.15, -0.1) is 0 Å². The van der Waals surface area contributed by atoms with E-state index in [1.165, 1.54) is 12.1 Å². The summed E-state index contributed by atoms with van der Waals surface area (Å²) in [7, 11) is 1.60. The lowest BCUT2D eigenvalue weighted by atomic mass is 10.0. The van der Waals surface area contributed by atoms with E-state index >= 15 is 0 Å². The minimum absolute atomic E-state index is 0.583. The van der Waals surface area contributed by atoms with Crippen LogP contribution in [0, 0.1) is 0 Å². The molecular weight excluding hydrogens is 365 g/mol. The Balaban J connectivity index is 1.86. The van der Waals surface area contributed by atoms with Gasteiger partial charge in [0.15, 0.2) is 0 Å². The molecule has 0 aliphatic carbocycles. The largest absolute Gasteiger partial charge is 0.497 e. The second-order valence-corrected chi connectivity index (χ2v) is 6.23. The predicted molar refractivity (Wildman–Crippen MR) is 102 cm³/mol. The molecule has 0 bridgehead atoms. The maximum absolute atomic E-state index is 12.8. The van der Waals surface area contributed by atoms with Crippen molar-refractivity contribution in [1.82, 2.24) is 9.97 Å². The van der Waals surface area contributed by atoms with E-state index in [4.69, 9.17) is 4.74 Å². The summed E-state index contributed by atoms with van der Waals surface area (Å²) in [5.41, 5.74) is 3.67. The molecule has 0 amide bonds. The Bertz CT molecular complexity index is 1120. The van der Waals surface area contributed by atoms with E-state index in [0.29, 0.717) is 16.8 Å². The summed E-state index contributed by atoms with van der Waals surface area (Å²) in [6.45, 7) is 0. The van der Waals surface area contributed by atoms with E-state index in [2.05, 4.69) is 9.97 Å². The lowest BCUT2D eigenvalue weighted by Crippen LogP contribution is -2.04. The highest BCUT2D eigenvalue weighted by Gasteiger charge is 2.30. The van der Waals surface area contributed by atoms with Crippen molar-refractivity contribution in [3.63, 3.8) is 0 Å². The monoisotopic (exact) mass is 380 g/mol. The first-order chi connectivity index (χ1) is 13.5. The van der Waals surface area contributed by atoms with Gasteiger partial charge >= 0.3 is 6.18 Å². The molecule has 2 aromatic carbocycles. The zero-order valence-electron chi connectivity index (χ0n) is 14.9. The first kappa shape index (κ1) is 18.0. The molecule has 6 heteroatoms. The van der Waals surface area contributed by atoms with Crippen molar-refractivity contribution < 1.29 is 17.9 Å². The normalized spacial score (nSPS) is 11.6. The van der Waals surface area contributed by atoms with Gasteiger partial charge in [0.25, 0.3) is 0 Å². The summed E-state index contributed by atoms with van der Waals surface area (Å²) < 4.78 is 43.7. The summed E-state index contributed by atoms with van der Waals surface area (Å²) in [6, 6.07) is 18.0. The fourth-order valence-corrected chi connectivity index (χ4v) is 3.03. The summed E-state index contributed by atoms with van der Waals surface area (Å²) in [4.78, 5) is 9.03. The van der Waals surface area contributed by atoms with Gasteiger partial charge in [-0.1, -0.05) is 24.3 Å². The second kappa shape index (κ2) is 6.96. The fourth-order valence-electron chi connectivity index (χ4n) is 3.03. The number of pyridine rings is 2. The van der Waals surface area contributed by atoms with Crippen LogP contribution in [0.1, 0.15) is 5.56 Å². The van der Waals surface area contributed by atoms with Crippen molar-refractivity contribution in [2.75, 3.05) is 7.11 Å². The highest BCUT2D eigenvalue weighted by molar-refractivity contribution is 5.93. The summed E-state index contributed by atoms with van der Waals surface area (Å²) in [5.74, 6) is 0.734. The number of methoxy groups -OCH3 is 1. The number of aromatic nitrogens is 2. The number of nitrogens with zero attached hydrogens (tertiary/aromatic N) is 2. The number of rotatable bonds is 3. The van der Waals surface area contributed by atoms with Crippen LogP contribution in [0.3, 0.4) is 0 Å². The van der Waals surface area contributed by atoms with Crippen LogP contribution in [-0.4, -0.2) is 17.1 Å². The third kappa shape index (κ3) is 3.41. The van der Waals surface area contributed by atoms with Gasteiger partial charge < -0.3 is 4.74 Å². The number of benzene rings is 2. The van der Waals surface area contributed by atoms with Gasteiger partial charge in [0.2, 0.25) is 0 Å². The number of ether oxygens (including phenoxy) is 1. The number of halogens is 3. The molecule has 0 aliphatic rings. The first-order valence-corrected chi connectivity index (χ1v) is 8.53. The Labute approximate surface area is 159 Å². The molecule has 0 fully saturated rings. The van der Waals surface area contributed by atoms with E-state index in [1.807, 2.05) is 36.4 Å². The Kier molecular flexibility index (Phi) is 4.47. The van der Waals surface area contributed by atoms with Crippen LogP contribution in [0.25, 0.3) is 33.4 Å². The average molecular weight is 380 g/mol. The number of fused-ring (bicyclic) bond motifs is 1. The van der Waals surface area contributed by atoms with E-state index in [9.17, 15) is 13.2 Å². The van der Waals surface area contributed by atoms with Gasteiger partial charge in [-0.2, -0.15) is 13.2 Å². The second-order valence-electron chi connectivity index (χ2n) is 6.23. The molecule has 0 aliphatic heterocycles. The van der Waals surface area contributed by atoms with Gasteiger partial charge in [-0.05, 0) is 48.0 Å². The Morgan fingerprint density at radius 2 is 1.54 bits per heavy atom. The van der Waals surface area contributed by atoms with E-state index < -0.39 is 11.7 Å². The molecule has 3 nitrogen and oxygen atoms in total. The third-order valence-corrected chi connectivity index (χ3v) is 4.47. The lowest BCUT2D eigenvalue weighted by Gasteiger charge is -2.11. The zero-order valence-corrected chi connectivity index (χ0v) is 14.9. The topological polar surface area (TPSA) is 35.0 Å². The maximum atomic E-state index is 12.8. The molecule has 0 unspecified atom stereocenters. The molecule has 4 aromatic rings. The molecule has 4 rings (SSSR count). The van der Waals surface area contributed by atoms with Crippen LogP contribution in [0.2, 0.25) is 0 Å². The molecule has 2 aromatic heterocycles. The van der Waals surface area contributed by atoms with Crippen LogP contribution < -0.4 is 4.74 Å². The van der Waals surface area contributed by atoms with Crippen molar-refractivity contribution in [3.8, 4) is 28.1 Å². The zero-order chi connectivity index (χ0) is 19.7. The maximum Gasteiger partial charge on any atom is 0.416 e. The molecule has 0 atom stereocenters. The van der Waals surface area contributed by atoms with E-state index in [1.54, 1.807) is 19.4 Å². The van der Waals surface area contributed by atoms with Crippen molar-refractivity contribution in [3.05, 3.63) is 78.5 Å². The molecule has 0 radical (unpaired) electrons. The molecule has 140 valence electrons. The Hall–Kier alpha value is -3.41. The van der Waals surface area contributed by atoms with Gasteiger partial charge in [0.1, 0.15) is 5.75 Å². The van der Waals surface area contributed by atoms with Crippen LogP contribution in [0.4, 0.5) is 13.2 Å². The third-order valence-electron chi connectivity index (χ3n) is 4.47. The number of alkyl halides is 3. The van der Waals surface area contributed by atoms with Crippen LogP contribution in [-0.2, 0) is 6.18 Å². The Morgan fingerprint density at radius 1 is 0.857 bits per heavy atom. The minimum atomic E-state index is -4.37. The van der Waals surface area contributed by atoms with E-state index in [-0.39, 0.29) is 0 Å². The van der Waals surface area contributed by atoms with Crippen LogP contribution in [0.5, 0.6) is 5.75 Å². The number of hydrogen-bond donors (Lipinski definition) is 0. The smallest absolute Gasteiger partial charge is 0.416 e. The van der Waals surface area contributed by atoms with Gasteiger partial charge in [-0.25, -0.2) is 4.98 Å². The minimum Gasteiger partial charge on any atom is -0.497 e. The van der Waals surface area contributed by atoms with Crippen molar-refractivity contribution in [2.24, 2.45) is 0 Å². The molecule has 28 heavy (non-hydrogen) atoms. The standard InChI is InChI=1S/C22H15F3N2O/c1-28-17-10-6-14(7-11-17)18-13-20(27-19-3-2-12-26-21(18)19)15-4-8-16(9-5-15)22(23,24)25/h2-13H,1H3. The quantitative estimate of drug-likeness (QED) is 0.438. The summed E-state index contributed by atoms with van der Waals surface area (Å²) in [6.07, 6.45) is -2.68. The van der Waals surface area contributed by atoms with E-state index in [0.717, 1.165) is 34.5 Å². The Morgan fingerprint density at radius 3 is 2.18 bits per heavy atom. The van der Waals surface area contributed by atoms with Crippen LogP contribution >= 0.6 is 0 Å². The van der Waals surface area contributed by atoms with Gasteiger partial charge in [-0.3, -0.25) is 4.98 Å². The molecular formula is C22H15F3N2O. The highest BCUT2D eigenvalue weighted by atomic mass is 19.4. The van der Waals surface area contributed by atoms with Gasteiger partial charge in [0, 0.05) is 17.3 Å². The summed E-state index contributed by atoms with van der Waals surface area (Å²) >= 11 is 0. The van der Waals surface area contributed by atoms with Crippen molar-refractivity contribution >= 4 is 11.0 Å².